The van der Waals surface area contributed by atoms with E-state index in [2.05, 4.69) is 20.5 Å². The van der Waals surface area contributed by atoms with Gasteiger partial charge in [0.1, 0.15) is 17.5 Å². The van der Waals surface area contributed by atoms with Crippen molar-refractivity contribution in [2.24, 2.45) is 0 Å². The van der Waals surface area contributed by atoms with E-state index in [1.807, 2.05) is 6.92 Å². The average Bonchev–Trinajstić information content (AvgIpc) is 2.90. The van der Waals surface area contributed by atoms with Gasteiger partial charge in [0, 0.05) is 12.5 Å². The molecule has 1 heterocycles. The second kappa shape index (κ2) is 6.66. The van der Waals surface area contributed by atoms with Crippen LogP contribution in [0.25, 0.3) is 0 Å². The molecular weight excluding hydrogens is 298 g/mol. The van der Waals surface area contributed by atoms with Crippen LogP contribution in [0.1, 0.15) is 19.7 Å². The van der Waals surface area contributed by atoms with Gasteiger partial charge in [-0.15, -0.1) is 5.10 Å². The van der Waals surface area contributed by atoms with E-state index in [1.165, 1.54) is 0 Å². The van der Waals surface area contributed by atoms with Crippen molar-refractivity contribution in [3.63, 3.8) is 0 Å². The maximum atomic E-state index is 13.5. The van der Waals surface area contributed by atoms with Crippen LogP contribution in [0.5, 0.6) is 0 Å². The smallest absolute Gasteiger partial charge is 0.237 e. The van der Waals surface area contributed by atoms with E-state index in [-0.39, 0.29) is 5.69 Å². The Morgan fingerprint density at radius 3 is 2.90 bits per heavy atom. The Balaban J connectivity index is 2.00. The lowest BCUT2D eigenvalue weighted by Crippen LogP contribution is -2.23. The Bertz CT molecular complexity index is 647. The summed E-state index contributed by atoms with van der Waals surface area (Å²) in [6.07, 6.45) is 0.711. The molecule has 21 heavy (non-hydrogen) atoms. The molecule has 0 aliphatic carbocycles. The third-order valence-corrected chi connectivity index (χ3v) is 3.64. The molecule has 2 rings (SSSR count). The van der Waals surface area contributed by atoms with Crippen LogP contribution in [-0.2, 0) is 11.2 Å². The van der Waals surface area contributed by atoms with Crippen molar-refractivity contribution >= 4 is 23.4 Å². The predicted octanol–water partition coefficient (Wildman–Crippen LogP) is 2.76. The van der Waals surface area contributed by atoms with Gasteiger partial charge in [0.25, 0.3) is 0 Å². The fourth-order valence-corrected chi connectivity index (χ4v) is 2.27. The van der Waals surface area contributed by atoms with E-state index in [4.69, 9.17) is 0 Å². The first-order valence-corrected chi connectivity index (χ1v) is 7.21. The molecule has 2 aromatic rings. The van der Waals surface area contributed by atoms with Crippen molar-refractivity contribution in [3.8, 4) is 0 Å². The minimum absolute atomic E-state index is 0.184. The van der Waals surface area contributed by atoms with Gasteiger partial charge in [-0.25, -0.2) is 13.8 Å². The summed E-state index contributed by atoms with van der Waals surface area (Å²) in [6.45, 7) is 3.57. The summed E-state index contributed by atoms with van der Waals surface area (Å²) in [4.78, 5) is 16.1. The van der Waals surface area contributed by atoms with E-state index >= 15 is 0 Å². The summed E-state index contributed by atoms with van der Waals surface area (Å²) >= 11 is 1.14. The van der Waals surface area contributed by atoms with Gasteiger partial charge in [-0.3, -0.25) is 9.89 Å². The molecule has 0 fully saturated rings. The molecule has 112 valence electrons. The summed E-state index contributed by atoms with van der Waals surface area (Å²) in [6, 6.07) is 2.89. The third kappa shape index (κ3) is 4.01. The minimum atomic E-state index is -0.687. The van der Waals surface area contributed by atoms with E-state index in [9.17, 15) is 13.6 Å². The second-order valence-electron chi connectivity index (χ2n) is 4.29. The van der Waals surface area contributed by atoms with Gasteiger partial charge in [-0.1, -0.05) is 18.7 Å². The average molecular weight is 312 g/mol. The molecule has 1 aromatic heterocycles. The van der Waals surface area contributed by atoms with Crippen LogP contribution >= 0.6 is 11.8 Å². The summed E-state index contributed by atoms with van der Waals surface area (Å²) in [7, 11) is 0. The summed E-state index contributed by atoms with van der Waals surface area (Å²) < 4.78 is 26.5. The minimum Gasteiger partial charge on any atom is -0.323 e. The zero-order chi connectivity index (χ0) is 15.4. The lowest BCUT2D eigenvalue weighted by molar-refractivity contribution is -0.115. The normalized spacial score (nSPS) is 12.2. The molecule has 0 spiro atoms. The van der Waals surface area contributed by atoms with E-state index in [0.29, 0.717) is 11.6 Å². The van der Waals surface area contributed by atoms with Crippen LogP contribution in [0.4, 0.5) is 14.5 Å². The van der Waals surface area contributed by atoms with Crippen molar-refractivity contribution in [1.29, 1.82) is 0 Å². The number of thioether (sulfide) groups is 1. The van der Waals surface area contributed by atoms with Crippen molar-refractivity contribution in [2.75, 3.05) is 5.32 Å². The molecule has 5 nitrogen and oxygen atoms in total. The first-order valence-electron chi connectivity index (χ1n) is 6.33. The lowest BCUT2D eigenvalue weighted by atomic mass is 10.3. The number of aromatic amines is 1. The number of hydrogen-bond donors (Lipinski definition) is 2. The molecule has 0 aliphatic rings. The van der Waals surface area contributed by atoms with Crippen LogP contribution in [0.3, 0.4) is 0 Å². The van der Waals surface area contributed by atoms with E-state index < -0.39 is 22.8 Å². The van der Waals surface area contributed by atoms with Crippen LogP contribution in [0.2, 0.25) is 0 Å². The van der Waals surface area contributed by atoms with E-state index in [0.717, 1.165) is 35.8 Å². The SMILES string of the molecule is CCc1nc(S[C@@H](C)C(=O)Nc2cc(F)ccc2F)n[nH]1. The number of halogens is 2. The number of aromatic nitrogens is 3. The first kappa shape index (κ1) is 15.4. The van der Waals surface area contributed by atoms with Crippen molar-refractivity contribution in [2.45, 2.75) is 30.7 Å². The van der Waals surface area contributed by atoms with Crippen LogP contribution in [-0.4, -0.2) is 26.3 Å². The number of benzene rings is 1. The molecule has 0 saturated heterocycles. The number of hydrogen-bond acceptors (Lipinski definition) is 4. The zero-order valence-corrected chi connectivity index (χ0v) is 12.3. The van der Waals surface area contributed by atoms with Gasteiger partial charge in [-0.2, -0.15) is 0 Å². The molecular formula is C13H14F2N4OS. The van der Waals surface area contributed by atoms with Gasteiger partial charge in [0.2, 0.25) is 11.1 Å². The molecule has 0 aliphatic heterocycles. The number of anilines is 1. The number of nitrogens with zero attached hydrogens (tertiary/aromatic N) is 2. The zero-order valence-electron chi connectivity index (χ0n) is 11.5. The summed E-state index contributed by atoms with van der Waals surface area (Å²) in [5, 5.41) is 8.95. The summed E-state index contributed by atoms with van der Waals surface area (Å²) in [5.74, 6) is -1.03. The van der Waals surface area contributed by atoms with Gasteiger partial charge in [0.15, 0.2) is 0 Å². The van der Waals surface area contributed by atoms with E-state index in [1.54, 1.807) is 6.92 Å². The molecule has 0 radical (unpaired) electrons. The number of nitrogens with one attached hydrogen (secondary N) is 2. The second-order valence-corrected chi connectivity index (χ2v) is 5.60. The molecule has 1 atom stereocenters. The van der Waals surface area contributed by atoms with Gasteiger partial charge < -0.3 is 5.32 Å². The Morgan fingerprint density at radius 1 is 1.48 bits per heavy atom. The predicted molar refractivity (Wildman–Crippen MR) is 76.1 cm³/mol. The number of amides is 1. The highest BCUT2D eigenvalue weighted by molar-refractivity contribution is 8.00. The quantitative estimate of drug-likeness (QED) is 0.833. The molecule has 1 amide bonds. The highest BCUT2D eigenvalue weighted by Crippen LogP contribution is 2.22. The first-order chi connectivity index (χ1) is 9.99. The maximum Gasteiger partial charge on any atom is 0.237 e. The molecule has 0 saturated carbocycles. The third-order valence-electron chi connectivity index (χ3n) is 2.68. The molecule has 1 aromatic carbocycles. The fourth-order valence-electron chi connectivity index (χ4n) is 1.53. The van der Waals surface area contributed by atoms with Crippen LogP contribution in [0.15, 0.2) is 23.4 Å². The molecule has 0 unspecified atom stereocenters. The molecule has 2 N–H and O–H groups in total. The Hall–Kier alpha value is -1.96. The topological polar surface area (TPSA) is 70.7 Å². The van der Waals surface area contributed by atoms with Crippen LogP contribution in [0, 0.1) is 11.6 Å². The number of carbonyl (C=O) groups excluding carboxylic acids is 1. The Labute approximate surface area is 124 Å². The number of carbonyl (C=O) groups is 1. The van der Waals surface area contributed by atoms with Gasteiger partial charge in [0.05, 0.1) is 10.9 Å². The number of H-pyrrole nitrogens is 1. The highest BCUT2D eigenvalue weighted by Gasteiger charge is 2.18. The monoisotopic (exact) mass is 312 g/mol. The maximum absolute atomic E-state index is 13.5. The fraction of sp³-hybridized carbons (Fsp3) is 0.308. The Morgan fingerprint density at radius 2 is 2.24 bits per heavy atom. The van der Waals surface area contributed by atoms with Gasteiger partial charge in [-0.05, 0) is 19.1 Å². The van der Waals surface area contributed by atoms with Crippen LogP contribution < -0.4 is 5.32 Å². The lowest BCUT2D eigenvalue weighted by Gasteiger charge is -2.10. The standard InChI is InChI=1S/C13H14F2N4OS/c1-3-11-17-13(19-18-11)21-7(2)12(20)16-10-6-8(14)4-5-9(10)15/h4-7H,3H2,1-2H3,(H,16,20)(H,17,18,19)/t7-/m0/s1. The van der Waals surface area contributed by atoms with Crippen molar-refractivity contribution in [1.82, 2.24) is 15.2 Å². The number of aryl methyl sites for hydroxylation is 1. The summed E-state index contributed by atoms with van der Waals surface area (Å²) in [5.41, 5.74) is -0.184. The number of rotatable bonds is 5. The molecule has 0 bridgehead atoms. The largest absolute Gasteiger partial charge is 0.323 e. The van der Waals surface area contributed by atoms with Crippen molar-refractivity contribution in [3.05, 3.63) is 35.7 Å². The van der Waals surface area contributed by atoms with Crippen molar-refractivity contribution < 1.29 is 13.6 Å². The Kier molecular flexibility index (Phi) is 4.89. The van der Waals surface area contributed by atoms with Gasteiger partial charge >= 0.3 is 0 Å². The highest BCUT2D eigenvalue weighted by atomic mass is 32.2. The molecule has 8 heteroatoms.